The molecular weight excluding hydrogens is 174 g/mol. The minimum atomic E-state index is 0.624. The van der Waals surface area contributed by atoms with E-state index in [-0.39, 0.29) is 0 Å². The van der Waals surface area contributed by atoms with Crippen molar-refractivity contribution in [2.75, 3.05) is 11.9 Å². The Morgan fingerprint density at radius 2 is 2.00 bits per heavy atom. The van der Waals surface area contributed by atoms with E-state index in [4.69, 9.17) is 0 Å². The quantitative estimate of drug-likeness (QED) is 0.788. The van der Waals surface area contributed by atoms with Crippen molar-refractivity contribution in [2.24, 2.45) is 11.3 Å². The summed E-state index contributed by atoms with van der Waals surface area (Å²) in [5.74, 6) is 1.78. The topological polar surface area (TPSA) is 37.8 Å². The van der Waals surface area contributed by atoms with Gasteiger partial charge in [-0.05, 0) is 43.1 Å². The second kappa shape index (κ2) is 2.94. The molecule has 2 fully saturated rings. The third-order valence-corrected chi connectivity index (χ3v) is 3.50. The molecule has 14 heavy (non-hydrogen) atoms. The van der Waals surface area contributed by atoms with Gasteiger partial charge in [0.2, 0.25) is 5.95 Å². The van der Waals surface area contributed by atoms with Gasteiger partial charge in [0.15, 0.2) is 0 Å². The fraction of sp³-hybridized carbons (Fsp3) is 0.636. The molecule has 0 bridgehead atoms. The minimum Gasteiger partial charge on any atom is -0.354 e. The van der Waals surface area contributed by atoms with Crippen LogP contribution in [0.4, 0.5) is 5.95 Å². The van der Waals surface area contributed by atoms with E-state index in [1.54, 1.807) is 12.4 Å². The van der Waals surface area contributed by atoms with Crippen LogP contribution >= 0.6 is 0 Å². The highest BCUT2D eigenvalue weighted by atomic mass is 15.1. The van der Waals surface area contributed by atoms with Crippen molar-refractivity contribution < 1.29 is 0 Å². The molecule has 0 atom stereocenters. The van der Waals surface area contributed by atoms with Gasteiger partial charge in [-0.25, -0.2) is 9.97 Å². The molecule has 0 unspecified atom stereocenters. The van der Waals surface area contributed by atoms with Gasteiger partial charge >= 0.3 is 0 Å². The number of hydrogen-bond acceptors (Lipinski definition) is 3. The lowest BCUT2D eigenvalue weighted by atomic mass is 10.0. The molecule has 1 aromatic rings. The number of nitrogens with one attached hydrogen (secondary N) is 1. The molecular formula is C11H15N3. The zero-order chi connectivity index (χ0) is 9.43. The highest BCUT2D eigenvalue weighted by molar-refractivity contribution is 5.24. The molecule has 1 heterocycles. The molecule has 0 aliphatic heterocycles. The lowest BCUT2D eigenvalue weighted by Crippen LogP contribution is -2.18. The Labute approximate surface area is 84.0 Å². The summed E-state index contributed by atoms with van der Waals surface area (Å²) in [5.41, 5.74) is 0.624. The van der Waals surface area contributed by atoms with Crippen molar-refractivity contribution in [1.82, 2.24) is 9.97 Å². The maximum Gasteiger partial charge on any atom is 0.222 e. The minimum absolute atomic E-state index is 0.624. The van der Waals surface area contributed by atoms with E-state index in [1.807, 2.05) is 6.07 Å². The first-order valence-electron chi connectivity index (χ1n) is 5.40. The SMILES string of the molecule is c1cnc(NCC2(C3CC3)CC2)nc1. The van der Waals surface area contributed by atoms with Crippen molar-refractivity contribution in [3.63, 3.8) is 0 Å². The highest BCUT2D eigenvalue weighted by Gasteiger charge is 2.53. The standard InChI is InChI=1S/C11H15N3/c1-6-12-10(13-7-1)14-8-11(4-5-11)9-2-3-9/h1,6-7,9H,2-5,8H2,(H,12,13,14). The maximum absolute atomic E-state index is 4.17. The lowest BCUT2D eigenvalue weighted by molar-refractivity contribution is 0.465. The van der Waals surface area contributed by atoms with Crippen LogP contribution in [0.1, 0.15) is 25.7 Å². The Morgan fingerprint density at radius 3 is 2.57 bits per heavy atom. The fourth-order valence-corrected chi connectivity index (χ4v) is 2.23. The summed E-state index contributed by atoms with van der Waals surface area (Å²) >= 11 is 0. The van der Waals surface area contributed by atoms with Crippen LogP contribution in [0.5, 0.6) is 0 Å². The van der Waals surface area contributed by atoms with Crippen LogP contribution in [-0.2, 0) is 0 Å². The van der Waals surface area contributed by atoms with Crippen LogP contribution in [0.15, 0.2) is 18.5 Å². The normalized spacial score (nSPS) is 23.1. The van der Waals surface area contributed by atoms with Gasteiger partial charge in [0.05, 0.1) is 0 Å². The summed E-state index contributed by atoms with van der Waals surface area (Å²) in [5, 5.41) is 3.35. The molecule has 1 aromatic heterocycles. The van der Waals surface area contributed by atoms with Crippen LogP contribution in [0.25, 0.3) is 0 Å². The third kappa shape index (κ3) is 1.47. The van der Waals surface area contributed by atoms with E-state index < -0.39 is 0 Å². The van der Waals surface area contributed by atoms with Crippen LogP contribution in [0, 0.1) is 11.3 Å². The first-order valence-corrected chi connectivity index (χ1v) is 5.40. The molecule has 3 rings (SSSR count). The first kappa shape index (κ1) is 8.21. The van der Waals surface area contributed by atoms with Gasteiger partial charge < -0.3 is 5.32 Å². The Balaban J connectivity index is 1.59. The van der Waals surface area contributed by atoms with E-state index in [0.717, 1.165) is 18.4 Å². The molecule has 0 spiro atoms. The second-order valence-corrected chi connectivity index (χ2v) is 4.56. The number of rotatable bonds is 4. The highest BCUT2D eigenvalue weighted by Crippen LogP contribution is 2.61. The van der Waals surface area contributed by atoms with E-state index in [2.05, 4.69) is 15.3 Å². The zero-order valence-corrected chi connectivity index (χ0v) is 8.24. The molecule has 2 aliphatic carbocycles. The summed E-state index contributed by atoms with van der Waals surface area (Å²) in [6.45, 7) is 1.07. The summed E-state index contributed by atoms with van der Waals surface area (Å²) in [4.78, 5) is 8.33. The molecule has 0 aromatic carbocycles. The molecule has 0 amide bonds. The van der Waals surface area contributed by atoms with Crippen molar-refractivity contribution in [3.05, 3.63) is 18.5 Å². The van der Waals surface area contributed by atoms with E-state index in [0.29, 0.717) is 5.41 Å². The molecule has 74 valence electrons. The molecule has 3 heteroatoms. The monoisotopic (exact) mass is 189 g/mol. The lowest BCUT2D eigenvalue weighted by Gasteiger charge is -2.14. The van der Waals surface area contributed by atoms with Crippen LogP contribution in [0.3, 0.4) is 0 Å². The maximum atomic E-state index is 4.17. The molecule has 1 N–H and O–H groups in total. The van der Waals surface area contributed by atoms with Crippen molar-refractivity contribution in [3.8, 4) is 0 Å². The number of anilines is 1. The van der Waals surface area contributed by atoms with Crippen LogP contribution in [-0.4, -0.2) is 16.5 Å². The van der Waals surface area contributed by atoms with Gasteiger partial charge in [0.1, 0.15) is 0 Å². The van der Waals surface area contributed by atoms with Crippen molar-refractivity contribution in [1.29, 1.82) is 0 Å². The Morgan fingerprint density at radius 1 is 1.29 bits per heavy atom. The predicted octanol–water partition coefficient (Wildman–Crippen LogP) is 2.08. The summed E-state index contributed by atoms with van der Waals surface area (Å²) in [7, 11) is 0. The summed E-state index contributed by atoms with van der Waals surface area (Å²) < 4.78 is 0. The molecule has 0 saturated heterocycles. The largest absolute Gasteiger partial charge is 0.354 e. The molecule has 0 radical (unpaired) electrons. The van der Waals surface area contributed by atoms with E-state index in [1.165, 1.54) is 25.7 Å². The average Bonchev–Trinajstić information content (AvgIpc) is 3.08. The molecule has 3 nitrogen and oxygen atoms in total. The summed E-state index contributed by atoms with van der Waals surface area (Å²) in [6, 6.07) is 1.85. The predicted molar refractivity (Wildman–Crippen MR) is 54.9 cm³/mol. The van der Waals surface area contributed by atoms with Gasteiger partial charge in [-0.1, -0.05) is 0 Å². The van der Waals surface area contributed by atoms with E-state index >= 15 is 0 Å². The number of aromatic nitrogens is 2. The fourth-order valence-electron chi connectivity index (χ4n) is 2.23. The van der Waals surface area contributed by atoms with Gasteiger partial charge in [-0.3, -0.25) is 0 Å². The van der Waals surface area contributed by atoms with Crippen molar-refractivity contribution >= 4 is 5.95 Å². The smallest absolute Gasteiger partial charge is 0.222 e. The Bertz CT molecular complexity index is 315. The van der Waals surface area contributed by atoms with Gasteiger partial charge in [-0.2, -0.15) is 0 Å². The van der Waals surface area contributed by atoms with Crippen LogP contribution in [0.2, 0.25) is 0 Å². The second-order valence-electron chi connectivity index (χ2n) is 4.56. The third-order valence-electron chi connectivity index (χ3n) is 3.50. The molecule has 2 aliphatic rings. The Kier molecular flexibility index (Phi) is 1.72. The first-order chi connectivity index (χ1) is 6.89. The Hall–Kier alpha value is -1.12. The van der Waals surface area contributed by atoms with Gasteiger partial charge in [0.25, 0.3) is 0 Å². The number of nitrogens with zero attached hydrogens (tertiary/aromatic N) is 2. The van der Waals surface area contributed by atoms with Gasteiger partial charge in [0, 0.05) is 18.9 Å². The number of hydrogen-bond donors (Lipinski definition) is 1. The average molecular weight is 189 g/mol. The van der Waals surface area contributed by atoms with E-state index in [9.17, 15) is 0 Å². The molecule has 2 saturated carbocycles. The van der Waals surface area contributed by atoms with Gasteiger partial charge in [-0.15, -0.1) is 0 Å². The van der Waals surface area contributed by atoms with Crippen molar-refractivity contribution in [2.45, 2.75) is 25.7 Å². The van der Waals surface area contributed by atoms with Crippen LogP contribution < -0.4 is 5.32 Å². The summed E-state index contributed by atoms with van der Waals surface area (Å²) in [6.07, 6.45) is 9.25. The zero-order valence-electron chi connectivity index (χ0n) is 8.24.